The van der Waals surface area contributed by atoms with E-state index in [9.17, 15) is 14.7 Å². The lowest BCUT2D eigenvalue weighted by atomic mass is 9.99. The van der Waals surface area contributed by atoms with Crippen LogP contribution in [0.15, 0.2) is 48.5 Å². The fourth-order valence-electron chi connectivity index (χ4n) is 2.44. The Morgan fingerprint density at radius 3 is 2.24 bits per heavy atom. The maximum Gasteiger partial charge on any atom is 0.330 e. The highest BCUT2D eigenvalue weighted by molar-refractivity contribution is 6.30. The van der Waals surface area contributed by atoms with Crippen LogP contribution in [0.5, 0.6) is 5.75 Å². The van der Waals surface area contributed by atoms with E-state index in [-0.39, 0.29) is 11.8 Å². The number of rotatable bonds is 7. The zero-order valence-electron chi connectivity index (χ0n) is 14.0. The van der Waals surface area contributed by atoms with E-state index in [1.54, 1.807) is 38.3 Å². The van der Waals surface area contributed by atoms with E-state index in [0.29, 0.717) is 17.0 Å². The summed E-state index contributed by atoms with van der Waals surface area (Å²) in [6.45, 7) is 1.76. The number of hydrogen-bond donors (Lipinski definition) is 2. The predicted octanol–water partition coefficient (Wildman–Crippen LogP) is 3.47. The lowest BCUT2D eigenvalue weighted by molar-refractivity contribution is -0.142. The summed E-state index contributed by atoms with van der Waals surface area (Å²) in [5.41, 5.74) is 1.45. The first-order valence-corrected chi connectivity index (χ1v) is 8.20. The van der Waals surface area contributed by atoms with Crippen molar-refractivity contribution in [1.82, 2.24) is 5.32 Å². The van der Waals surface area contributed by atoms with E-state index in [2.05, 4.69) is 5.32 Å². The molecule has 0 aliphatic heterocycles. The van der Waals surface area contributed by atoms with E-state index >= 15 is 0 Å². The molecule has 132 valence electrons. The number of methoxy groups -OCH3 is 1. The molecule has 2 N–H and O–H groups in total. The Bertz CT molecular complexity index is 728. The van der Waals surface area contributed by atoms with E-state index in [4.69, 9.17) is 16.3 Å². The van der Waals surface area contributed by atoms with Crippen LogP contribution in [0.2, 0.25) is 5.02 Å². The van der Waals surface area contributed by atoms with Gasteiger partial charge in [0.1, 0.15) is 5.75 Å². The number of hydrogen-bond acceptors (Lipinski definition) is 3. The van der Waals surface area contributed by atoms with E-state index in [1.165, 1.54) is 0 Å². The number of carbonyl (C=O) groups is 2. The van der Waals surface area contributed by atoms with Gasteiger partial charge in [-0.05, 0) is 41.8 Å². The molecule has 0 spiro atoms. The summed E-state index contributed by atoms with van der Waals surface area (Å²) in [7, 11) is 1.59. The summed E-state index contributed by atoms with van der Waals surface area (Å²) in [6.07, 6.45) is 0.503. The Balaban J connectivity index is 2.04. The van der Waals surface area contributed by atoms with Gasteiger partial charge in [-0.1, -0.05) is 42.8 Å². The van der Waals surface area contributed by atoms with Crippen LogP contribution in [-0.4, -0.2) is 24.1 Å². The Kier molecular flexibility index (Phi) is 6.42. The lowest BCUT2D eigenvalue weighted by Crippen LogP contribution is -2.37. The molecule has 2 unspecified atom stereocenters. The Morgan fingerprint density at radius 1 is 1.12 bits per heavy atom. The molecule has 0 aliphatic carbocycles. The largest absolute Gasteiger partial charge is 0.497 e. The first-order chi connectivity index (χ1) is 11.9. The maximum absolute atomic E-state index is 12.4. The molecule has 0 saturated carbocycles. The van der Waals surface area contributed by atoms with Crippen molar-refractivity contribution in [2.75, 3.05) is 7.11 Å². The van der Waals surface area contributed by atoms with Crippen LogP contribution in [0.4, 0.5) is 0 Å². The molecule has 0 radical (unpaired) electrons. The van der Waals surface area contributed by atoms with Crippen molar-refractivity contribution >= 4 is 23.5 Å². The molecule has 5 nitrogen and oxygen atoms in total. The van der Waals surface area contributed by atoms with Gasteiger partial charge in [-0.3, -0.25) is 4.79 Å². The summed E-state index contributed by atoms with van der Waals surface area (Å²) < 4.78 is 5.10. The third kappa shape index (κ3) is 5.22. The molecule has 0 fully saturated rings. The van der Waals surface area contributed by atoms with Crippen molar-refractivity contribution in [3.05, 3.63) is 64.7 Å². The number of carboxylic acid groups (broad SMARTS) is 1. The topological polar surface area (TPSA) is 75.6 Å². The smallest absolute Gasteiger partial charge is 0.330 e. The SMILES string of the molecule is COc1ccc(CC(C)C(=O)NC(C(=O)O)c2ccc(Cl)cc2)cc1. The number of aliphatic carboxylic acids is 1. The van der Waals surface area contributed by atoms with Crippen LogP contribution < -0.4 is 10.1 Å². The molecule has 0 heterocycles. The van der Waals surface area contributed by atoms with Crippen molar-refractivity contribution in [1.29, 1.82) is 0 Å². The standard InChI is InChI=1S/C19H20ClNO4/c1-12(11-13-3-9-16(25-2)10-4-13)18(22)21-17(19(23)24)14-5-7-15(20)8-6-14/h3-10,12,17H,11H2,1-2H3,(H,21,22)(H,23,24). The fraction of sp³-hybridized carbons (Fsp3) is 0.263. The van der Waals surface area contributed by atoms with Crippen molar-refractivity contribution in [2.45, 2.75) is 19.4 Å². The van der Waals surface area contributed by atoms with Gasteiger partial charge in [0.2, 0.25) is 5.91 Å². The van der Waals surface area contributed by atoms with E-state index in [0.717, 1.165) is 11.3 Å². The number of carboxylic acids is 1. The average molecular weight is 362 g/mol. The van der Waals surface area contributed by atoms with Gasteiger partial charge in [0.05, 0.1) is 7.11 Å². The molecule has 2 atom stereocenters. The van der Waals surface area contributed by atoms with Gasteiger partial charge in [0, 0.05) is 10.9 Å². The highest BCUT2D eigenvalue weighted by Gasteiger charge is 2.24. The molecule has 2 aromatic rings. The van der Waals surface area contributed by atoms with Gasteiger partial charge in [-0.15, -0.1) is 0 Å². The van der Waals surface area contributed by atoms with Crippen molar-refractivity contribution in [3.8, 4) is 5.75 Å². The van der Waals surface area contributed by atoms with Gasteiger partial charge in [0.15, 0.2) is 6.04 Å². The molecule has 0 aliphatic rings. The molecule has 6 heteroatoms. The molecule has 0 bridgehead atoms. The van der Waals surface area contributed by atoms with Gasteiger partial charge in [0.25, 0.3) is 0 Å². The second-order valence-corrected chi connectivity index (χ2v) is 6.22. The van der Waals surface area contributed by atoms with Crippen molar-refractivity contribution in [2.24, 2.45) is 5.92 Å². The Hall–Kier alpha value is -2.53. The Morgan fingerprint density at radius 2 is 1.72 bits per heavy atom. The number of carbonyl (C=O) groups excluding carboxylic acids is 1. The summed E-state index contributed by atoms with van der Waals surface area (Å²) in [6, 6.07) is 12.7. The van der Waals surface area contributed by atoms with E-state index < -0.39 is 12.0 Å². The average Bonchev–Trinajstić information content (AvgIpc) is 2.60. The minimum Gasteiger partial charge on any atom is -0.497 e. The number of halogens is 1. The van der Waals surface area contributed by atoms with Crippen molar-refractivity contribution < 1.29 is 19.4 Å². The molecule has 2 aromatic carbocycles. The second kappa shape index (κ2) is 8.53. The lowest BCUT2D eigenvalue weighted by Gasteiger charge is -2.18. The Labute approximate surface area is 151 Å². The minimum absolute atomic E-state index is 0.321. The normalized spacial score (nSPS) is 12.9. The molecular formula is C19H20ClNO4. The zero-order chi connectivity index (χ0) is 18.4. The summed E-state index contributed by atoms with van der Waals surface area (Å²) >= 11 is 5.82. The highest BCUT2D eigenvalue weighted by atomic mass is 35.5. The summed E-state index contributed by atoms with van der Waals surface area (Å²) in [4.78, 5) is 23.9. The molecule has 2 rings (SSSR count). The zero-order valence-corrected chi connectivity index (χ0v) is 14.8. The van der Waals surface area contributed by atoms with Crippen LogP contribution in [0, 0.1) is 5.92 Å². The molecule has 0 saturated heterocycles. The summed E-state index contributed by atoms with van der Waals surface area (Å²) in [5, 5.41) is 12.5. The molecule has 1 amide bonds. The summed E-state index contributed by atoms with van der Waals surface area (Å²) in [5.74, 6) is -1.07. The van der Waals surface area contributed by atoms with Crippen LogP contribution in [-0.2, 0) is 16.0 Å². The number of amides is 1. The van der Waals surface area contributed by atoms with E-state index in [1.807, 2.05) is 24.3 Å². The van der Waals surface area contributed by atoms with Crippen LogP contribution >= 0.6 is 11.6 Å². The fourth-order valence-corrected chi connectivity index (χ4v) is 2.56. The molecule has 25 heavy (non-hydrogen) atoms. The third-order valence-electron chi connectivity index (χ3n) is 3.89. The van der Waals surface area contributed by atoms with Crippen LogP contribution in [0.3, 0.4) is 0 Å². The minimum atomic E-state index is -1.12. The third-order valence-corrected chi connectivity index (χ3v) is 4.14. The van der Waals surface area contributed by atoms with Gasteiger partial charge < -0.3 is 15.2 Å². The second-order valence-electron chi connectivity index (χ2n) is 5.78. The number of ether oxygens (including phenoxy) is 1. The first kappa shape index (κ1) is 18.8. The van der Waals surface area contributed by atoms with Crippen molar-refractivity contribution in [3.63, 3.8) is 0 Å². The number of nitrogens with one attached hydrogen (secondary N) is 1. The highest BCUT2D eigenvalue weighted by Crippen LogP contribution is 2.19. The van der Waals surface area contributed by atoms with Crippen LogP contribution in [0.25, 0.3) is 0 Å². The van der Waals surface area contributed by atoms with Gasteiger partial charge in [-0.2, -0.15) is 0 Å². The quantitative estimate of drug-likeness (QED) is 0.791. The predicted molar refractivity (Wildman–Crippen MR) is 95.8 cm³/mol. The molecule has 0 aromatic heterocycles. The monoisotopic (exact) mass is 361 g/mol. The number of benzene rings is 2. The van der Waals surface area contributed by atoms with Gasteiger partial charge in [-0.25, -0.2) is 4.79 Å². The maximum atomic E-state index is 12.4. The van der Waals surface area contributed by atoms with Crippen LogP contribution in [0.1, 0.15) is 24.1 Å². The first-order valence-electron chi connectivity index (χ1n) is 7.82. The van der Waals surface area contributed by atoms with Gasteiger partial charge >= 0.3 is 5.97 Å². The molecular weight excluding hydrogens is 342 g/mol.